The maximum atomic E-state index is 12.4. The number of carbonyl (C=O) groups excluding carboxylic acids is 1. The molecular weight excluding hydrogens is 417 g/mol. The second-order valence-corrected chi connectivity index (χ2v) is 12.6. The number of nitrogens with zero attached hydrogens (tertiary/aromatic N) is 2. The first kappa shape index (κ1) is 26.6. The number of nitrogens with one attached hydrogen (secondary N) is 1. The van der Waals surface area contributed by atoms with Gasteiger partial charge in [0.05, 0.1) is 11.2 Å². The van der Waals surface area contributed by atoms with Gasteiger partial charge in [0.1, 0.15) is 0 Å². The van der Waals surface area contributed by atoms with Gasteiger partial charge < -0.3 is 14.6 Å². The Morgan fingerprint density at radius 3 is 2.10 bits per heavy atom. The van der Waals surface area contributed by atoms with E-state index in [1.807, 2.05) is 0 Å². The highest BCUT2D eigenvalue weighted by molar-refractivity contribution is 7.86. The summed E-state index contributed by atoms with van der Waals surface area (Å²) in [7, 11) is -0.471. The fraction of sp³-hybridized carbons (Fsp3) is 0.952. The van der Waals surface area contributed by atoms with Gasteiger partial charge in [-0.15, -0.1) is 0 Å². The van der Waals surface area contributed by atoms with E-state index >= 15 is 0 Å². The Morgan fingerprint density at radius 1 is 1.13 bits per heavy atom. The van der Waals surface area contributed by atoms with Crippen LogP contribution in [0.4, 0.5) is 0 Å². The SMILES string of the molecule is CC(=O)NC(C)(CCCCB1OC(C)(C)C(C)(C)O1)C1CCN(S(=O)(=O)N(C)C)CC1. The van der Waals surface area contributed by atoms with E-state index in [0.717, 1.165) is 38.4 Å². The Kier molecular flexibility index (Phi) is 8.29. The smallest absolute Gasteiger partial charge is 0.403 e. The van der Waals surface area contributed by atoms with Crippen LogP contribution in [0.2, 0.25) is 6.32 Å². The third kappa shape index (κ3) is 6.22. The number of amides is 1. The molecule has 0 aromatic heterocycles. The molecule has 0 aromatic rings. The number of hydrogen-bond acceptors (Lipinski definition) is 5. The van der Waals surface area contributed by atoms with Crippen molar-refractivity contribution in [3.8, 4) is 0 Å². The van der Waals surface area contributed by atoms with Gasteiger partial charge in [0.2, 0.25) is 5.91 Å². The molecule has 31 heavy (non-hydrogen) atoms. The molecule has 0 bridgehead atoms. The first-order chi connectivity index (χ1) is 14.1. The molecule has 1 N–H and O–H groups in total. The fourth-order valence-electron chi connectivity index (χ4n) is 4.61. The van der Waals surface area contributed by atoms with Gasteiger partial charge in [0.15, 0.2) is 0 Å². The second-order valence-electron chi connectivity index (χ2n) is 10.5. The third-order valence-electron chi connectivity index (χ3n) is 7.29. The van der Waals surface area contributed by atoms with Gasteiger partial charge in [-0.25, -0.2) is 0 Å². The molecule has 2 rings (SSSR count). The first-order valence-corrected chi connectivity index (χ1v) is 12.8. The van der Waals surface area contributed by atoms with Crippen molar-refractivity contribution in [1.29, 1.82) is 0 Å². The fourth-order valence-corrected chi connectivity index (χ4v) is 5.75. The van der Waals surface area contributed by atoms with Crippen LogP contribution in [0.3, 0.4) is 0 Å². The van der Waals surface area contributed by atoms with Crippen LogP contribution in [0, 0.1) is 5.92 Å². The summed E-state index contributed by atoms with van der Waals surface area (Å²) in [6, 6.07) is 0. The van der Waals surface area contributed by atoms with Gasteiger partial charge in [-0.3, -0.25) is 4.79 Å². The van der Waals surface area contributed by atoms with Crippen molar-refractivity contribution < 1.29 is 22.5 Å². The Bertz CT molecular complexity index is 719. The van der Waals surface area contributed by atoms with Crippen molar-refractivity contribution in [1.82, 2.24) is 13.9 Å². The van der Waals surface area contributed by atoms with Crippen LogP contribution >= 0.6 is 0 Å². The van der Waals surface area contributed by atoms with Crippen molar-refractivity contribution in [3.63, 3.8) is 0 Å². The summed E-state index contributed by atoms with van der Waals surface area (Å²) in [5, 5.41) is 3.18. The quantitative estimate of drug-likeness (QED) is 0.423. The molecule has 1 atom stereocenters. The number of carbonyl (C=O) groups is 1. The third-order valence-corrected chi connectivity index (χ3v) is 9.23. The Hall–Kier alpha value is -0.675. The van der Waals surface area contributed by atoms with Crippen LogP contribution in [-0.2, 0) is 24.3 Å². The molecule has 1 unspecified atom stereocenters. The van der Waals surface area contributed by atoms with Crippen LogP contribution in [0.15, 0.2) is 0 Å². The standard InChI is InChI=1S/C21H42BN3O5S/c1-17(26)23-21(6,18-11-15-25(16-12-18)31(27,28)24(7)8)13-9-10-14-22-29-19(2,3)20(4,5)30-22/h18H,9-16H2,1-8H3,(H,23,26). The molecule has 2 saturated heterocycles. The van der Waals surface area contributed by atoms with Crippen LogP contribution in [0.1, 0.15) is 73.6 Å². The maximum Gasteiger partial charge on any atom is 0.457 e. The van der Waals surface area contributed by atoms with E-state index in [-0.39, 0.29) is 35.7 Å². The van der Waals surface area contributed by atoms with Gasteiger partial charge in [-0.2, -0.15) is 17.0 Å². The molecule has 180 valence electrons. The van der Waals surface area contributed by atoms with Gasteiger partial charge in [-0.1, -0.05) is 12.8 Å². The maximum absolute atomic E-state index is 12.4. The summed E-state index contributed by atoms with van der Waals surface area (Å²) in [5.41, 5.74) is -0.984. The van der Waals surface area contributed by atoms with Crippen molar-refractivity contribution in [2.75, 3.05) is 27.2 Å². The highest BCUT2D eigenvalue weighted by atomic mass is 32.2. The number of unbranched alkanes of at least 4 members (excludes halogenated alkanes) is 1. The molecule has 2 aliphatic rings. The summed E-state index contributed by atoms with van der Waals surface area (Å²) < 4.78 is 39.8. The van der Waals surface area contributed by atoms with Gasteiger partial charge in [-0.05, 0) is 66.1 Å². The van der Waals surface area contributed by atoms with E-state index in [0.29, 0.717) is 13.1 Å². The van der Waals surface area contributed by atoms with Gasteiger partial charge in [0.25, 0.3) is 10.2 Å². The lowest BCUT2D eigenvalue weighted by Crippen LogP contribution is -2.55. The molecule has 0 saturated carbocycles. The molecular formula is C21H42BN3O5S. The van der Waals surface area contributed by atoms with Crippen molar-refractivity contribution >= 4 is 23.2 Å². The molecule has 0 aromatic carbocycles. The average molecular weight is 459 g/mol. The van der Waals surface area contributed by atoms with Crippen molar-refractivity contribution in [2.24, 2.45) is 5.92 Å². The van der Waals surface area contributed by atoms with Crippen LogP contribution < -0.4 is 5.32 Å². The average Bonchev–Trinajstić information content (AvgIpc) is 2.85. The molecule has 2 fully saturated rings. The van der Waals surface area contributed by atoms with Crippen molar-refractivity contribution in [2.45, 2.75) is 96.7 Å². The minimum atomic E-state index is -3.39. The highest BCUT2D eigenvalue weighted by Crippen LogP contribution is 2.39. The van der Waals surface area contributed by atoms with Crippen LogP contribution in [-0.4, -0.2) is 74.0 Å². The van der Waals surface area contributed by atoms with Gasteiger partial charge in [0, 0.05) is 39.6 Å². The summed E-state index contributed by atoms with van der Waals surface area (Å²) in [6.45, 7) is 12.8. The second kappa shape index (κ2) is 9.67. The predicted octanol–water partition coefficient (Wildman–Crippen LogP) is 2.66. The summed E-state index contributed by atoms with van der Waals surface area (Å²) in [5.74, 6) is 0.193. The molecule has 0 aliphatic carbocycles. The lowest BCUT2D eigenvalue weighted by Gasteiger charge is -2.43. The number of hydrogen-bond donors (Lipinski definition) is 1. The van der Waals surface area contributed by atoms with Crippen LogP contribution in [0.5, 0.6) is 0 Å². The normalized spacial score (nSPS) is 24.4. The molecule has 1 amide bonds. The molecule has 2 aliphatic heterocycles. The van der Waals surface area contributed by atoms with E-state index in [1.54, 1.807) is 21.0 Å². The molecule has 2 heterocycles. The zero-order valence-corrected chi connectivity index (χ0v) is 21.5. The largest absolute Gasteiger partial charge is 0.457 e. The number of rotatable bonds is 9. The highest BCUT2D eigenvalue weighted by Gasteiger charge is 2.50. The zero-order chi connectivity index (χ0) is 23.7. The van der Waals surface area contributed by atoms with E-state index < -0.39 is 10.2 Å². The molecule has 8 nitrogen and oxygen atoms in total. The molecule has 0 spiro atoms. The number of piperidine rings is 1. The Morgan fingerprint density at radius 2 is 1.65 bits per heavy atom. The Balaban J connectivity index is 1.91. The summed E-state index contributed by atoms with van der Waals surface area (Å²) >= 11 is 0. The topological polar surface area (TPSA) is 88.2 Å². The summed E-state index contributed by atoms with van der Waals surface area (Å²) in [6.07, 6.45) is 5.03. The van der Waals surface area contributed by atoms with Gasteiger partial charge >= 0.3 is 7.12 Å². The predicted molar refractivity (Wildman–Crippen MR) is 124 cm³/mol. The van der Waals surface area contributed by atoms with Crippen molar-refractivity contribution in [3.05, 3.63) is 0 Å². The van der Waals surface area contributed by atoms with E-state index in [4.69, 9.17) is 9.31 Å². The lowest BCUT2D eigenvalue weighted by atomic mass is 9.74. The zero-order valence-electron chi connectivity index (χ0n) is 20.7. The molecule has 10 heteroatoms. The summed E-state index contributed by atoms with van der Waals surface area (Å²) in [4.78, 5) is 11.9. The van der Waals surface area contributed by atoms with E-state index in [2.05, 4.69) is 39.9 Å². The van der Waals surface area contributed by atoms with E-state index in [9.17, 15) is 13.2 Å². The minimum absolute atomic E-state index is 0.0446. The first-order valence-electron chi connectivity index (χ1n) is 11.4. The molecule has 0 radical (unpaired) electrons. The van der Waals surface area contributed by atoms with Crippen LogP contribution in [0.25, 0.3) is 0 Å². The monoisotopic (exact) mass is 459 g/mol. The minimum Gasteiger partial charge on any atom is -0.403 e. The van der Waals surface area contributed by atoms with E-state index in [1.165, 1.54) is 8.61 Å². The lowest BCUT2D eigenvalue weighted by molar-refractivity contribution is -0.121. The Labute approximate surface area is 189 Å².